The van der Waals surface area contributed by atoms with Crippen LogP contribution in [-0.4, -0.2) is 24.8 Å². The van der Waals surface area contributed by atoms with E-state index in [9.17, 15) is 0 Å². The van der Waals surface area contributed by atoms with Crippen molar-refractivity contribution in [3.05, 3.63) is 15.6 Å². The second-order valence-electron chi connectivity index (χ2n) is 4.80. The highest BCUT2D eigenvalue weighted by molar-refractivity contribution is 7.12. The molecule has 1 atom stereocenters. The van der Waals surface area contributed by atoms with Crippen LogP contribution in [0.15, 0.2) is 0 Å². The minimum Gasteiger partial charge on any atom is -0.381 e. The Labute approximate surface area is 113 Å². The van der Waals surface area contributed by atoms with E-state index in [4.69, 9.17) is 20.2 Å². The zero-order chi connectivity index (χ0) is 13.2. The molecule has 1 aromatic rings. The first kappa shape index (κ1) is 13.9. The number of ether oxygens (including phenoxy) is 2. The average Bonchev–Trinajstić information content (AvgIpc) is 2.74. The monoisotopic (exact) mass is 270 g/mol. The minimum absolute atomic E-state index is 0.0368. The van der Waals surface area contributed by atoms with E-state index < -0.39 is 0 Å². The highest BCUT2D eigenvalue weighted by Crippen LogP contribution is 2.40. The van der Waals surface area contributed by atoms with Gasteiger partial charge in [0, 0.05) is 43.6 Å². The van der Waals surface area contributed by atoms with Gasteiger partial charge in [-0.1, -0.05) is 0 Å². The summed E-state index contributed by atoms with van der Waals surface area (Å²) >= 11 is 1.70. The normalized spacial score (nSPS) is 20.9. The van der Waals surface area contributed by atoms with Crippen LogP contribution < -0.4 is 5.73 Å². The fraction of sp³-hybridized carbons (Fsp3) is 0.769. The van der Waals surface area contributed by atoms with Gasteiger partial charge in [-0.2, -0.15) is 0 Å². The Balaban J connectivity index is 2.33. The first-order valence-corrected chi connectivity index (χ1v) is 7.36. The lowest BCUT2D eigenvalue weighted by Gasteiger charge is -2.35. The van der Waals surface area contributed by atoms with Gasteiger partial charge in [0.05, 0.1) is 5.69 Å². The van der Waals surface area contributed by atoms with Crippen LogP contribution in [0.4, 0.5) is 0 Å². The van der Waals surface area contributed by atoms with Crippen LogP contribution in [0.2, 0.25) is 0 Å². The number of hydrogen-bond acceptors (Lipinski definition) is 5. The topological polar surface area (TPSA) is 57.4 Å². The summed E-state index contributed by atoms with van der Waals surface area (Å²) in [5.74, 6) is 0. The van der Waals surface area contributed by atoms with Gasteiger partial charge in [-0.05, 0) is 20.8 Å². The zero-order valence-corrected chi connectivity index (χ0v) is 12.2. The van der Waals surface area contributed by atoms with Gasteiger partial charge in [-0.25, -0.2) is 4.98 Å². The van der Waals surface area contributed by atoms with Crippen molar-refractivity contribution in [2.45, 2.75) is 45.3 Å². The van der Waals surface area contributed by atoms with E-state index in [0.717, 1.165) is 41.6 Å². The summed E-state index contributed by atoms with van der Waals surface area (Å²) in [6.07, 6.45) is 1.76. The SMILES string of the molecule is CCOC1(c2nc(C)c(C(C)N)s2)CCOCC1. The van der Waals surface area contributed by atoms with Crippen molar-refractivity contribution in [3.8, 4) is 0 Å². The first-order chi connectivity index (χ1) is 8.59. The molecule has 1 unspecified atom stereocenters. The van der Waals surface area contributed by atoms with E-state index in [1.807, 2.05) is 20.8 Å². The number of aryl methyl sites for hydroxylation is 1. The lowest BCUT2D eigenvalue weighted by molar-refractivity contribution is -0.112. The number of nitrogens with two attached hydrogens (primary N) is 1. The van der Waals surface area contributed by atoms with Crippen LogP contribution in [0, 0.1) is 6.92 Å². The lowest BCUT2D eigenvalue weighted by atomic mass is 9.95. The van der Waals surface area contributed by atoms with E-state index >= 15 is 0 Å². The summed E-state index contributed by atoms with van der Waals surface area (Å²) in [5, 5.41) is 1.07. The van der Waals surface area contributed by atoms with Crippen molar-refractivity contribution in [2.75, 3.05) is 19.8 Å². The molecule has 0 aromatic carbocycles. The molecular formula is C13H22N2O2S. The number of rotatable bonds is 4. The standard InChI is InChI=1S/C13H22N2O2S/c1-4-17-13(5-7-16-8-6-13)12-15-10(3)11(18-12)9(2)14/h9H,4-8,14H2,1-3H3. The second-order valence-corrected chi connectivity index (χ2v) is 5.83. The van der Waals surface area contributed by atoms with Crippen LogP contribution in [0.1, 0.15) is 48.3 Å². The first-order valence-electron chi connectivity index (χ1n) is 6.54. The Kier molecular flexibility index (Phi) is 4.37. The van der Waals surface area contributed by atoms with Crippen LogP contribution in [-0.2, 0) is 15.1 Å². The maximum atomic E-state index is 6.03. The van der Waals surface area contributed by atoms with Crippen molar-refractivity contribution in [2.24, 2.45) is 5.73 Å². The fourth-order valence-electron chi connectivity index (χ4n) is 2.42. The van der Waals surface area contributed by atoms with Gasteiger partial charge in [0.25, 0.3) is 0 Å². The third-order valence-corrected chi connectivity index (χ3v) is 4.90. The highest BCUT2D eigenvalue weighted by Gasteiger charge is 2.38. The van der Waals surface area contributed by atoms with Gasteiger partial charge in [-0.3, -0.25) is 0 Å². The van der Waals surface area contributed by atoms with E-state index in [-0.39, 0.29) is 11.6 Å². The molecule has 2 N–H and O–H groups in total. The molecule has 2 heterocycles. The Morgan fingerprint density at radius 3 is 2.67 bits per heavy atom. The molecule has 0 amide bonds. The van der Waals surface area contributed by atoms with Crippen LogP contribution >= 0.6 is 11.3 Å². The average molecular weight is 270 g/mol. The molecule has 0 spiro atoms. The summed E-state index contributed by atoms with van der Waals surface area (Å²) in [7, 11) is 0. The zero-order valence-electron chi connectivity index (χ0n) is 11.4. The number of aromatic nitrogens is 1. The summed E-state index contributed by atoms with van der Waals surface area (Å²) in [6.45, 7) is 8.24. The molecule has 1 saturated heterocycles. The predicted molar refractivity (Wildman–Crippen MR) is 72.8 cm³/mol. The molecule has 5 heteroatoms. The van der Waals surface area contributed by atoms with Crippen molar-refractivity contribution in [1.82, 2.24) is 4.98 Å². The second kappa shape index (κ2) is 5.65. The van der Waals surface area contributed by atoms with Crippen molar-refractivity contribution in [1.29, 1.82) is 0 Å². The Hall–Kier alpha value is -0.490. The van der Waals surface area contributed by atoms with Gasteiger partial charge in [0.1, 0.15) is 10.6 Å². The molecule has 1 fully saturated rings. The molecule has 4 nitrogen and oxygen atoms in total. The molecule has 1 aliphatic rings. The fourth-order valence-corrected chi connectivity index (χ4v) is 3.64. The Bertz CT molecular complexity index is 392. The van der Waals surface area contributed by atoms with Gasteiger partial charge in [0.2, 0.25) is 0 Å². The third kappa shape index (κ3) is 2.59. The summed E-state index contributed by atoms with van der Waals surface area (Å²) < 4.78 is 11.5. The number of nitrogens with zero attached hydrogens (tertiary/aromatic N) is 1. The van der Waals surface area contributed by atoms with Crippen LogP contribution in [0.25, 0.3) is 0 Å². The molecule has 0 radical (unpaired) electrons. The van der Waals surface area contributed by atoms with E-state index in [2.05, 4.69) is 0 Å². The summed E-state index contributed by atoms with van der Waals surface area (Å²) in [6, 6.07) is 0.0368. The molecule has 18 heavy (non-hydrogen) atoms. The summed E-state index contributed by atoms with van der Waals surface area (Å²) in [5.41, 5.74) is 6.76. The highest BCUT2D eigenvalue weighted by atomic mass is 32.1. The lowest BCUT2D eigenvalue weighted by Crippen LogP contribution is -2.36. The molecule has 1 aliphatic heterocycles. The largest absolute Gasteiger partial charge is 0.381 e. The van der Waals surface area contributed by atoms with E-state index in [0.29, 0.717) is 6.61 Å². The molecular weight excluding hydrogens is 248 g/mol. The van der Waals surface area contributed by atoms with Gasteiger partial charge < -0.3 is 15.2 Å². The third-order valence-electron chi connectivity index (χ3n) is 3.36. The van der Waals surface area contributed by atoms with Gasteiger partial charge in [-0.15, -0.1) is 11.3 Å². The Morgan fingerprint density at radius 2 is 2.17 bits per heavy atom. The quantitative estimate of drug-likeness (QED) is 0.913. The van der Waals surface area contributed by atoms with E-state index in [1.165, 1.54) is 0 Å². The molecule has 0 bridgehead atoms. The molecule has 1 aromatic heterocycles. The predicted octanol–water partition coefficient (Wildman–Crippen LogP) is 2.51. The molecule has 102 valence electrons. The van der Waals surface area contributed by atoms with Crippen molar-refractivity contribution >= 4 is 11.3 Å². The Morgan fingerprint density at radius 1 is 1.50 bits per heavy atom. The van der Waals surface area contributed by atoms with Gasteiger partial charge >= 0.3 is 0 Å². The van der Waals surface area contributed by atoms with E-state index in [1.54, 1.807) is 11.3 Å². The molecule has 2 rings (SSSR count). The molecule has 0 saturated carbocycles. The van der Waals surface area contributed by atoms with Gasteiger partial charge in [0.15, 0.2) is 0 Å². The van der Waals surface area contributed by atoms with Crippen molar-refractivity contribution < 1.29 is 9.47 Å². The molecule has 0 aliphatic carbocycles. The van der Waals surface area contributed by atoms with Crippen LogP contribution in [0.3, 0.4) is 0 Å². The maximum Gasteiger partial charge on any atom is 0.125 e. The number of hydrogen-bond donors (Lipinski definition) is 1. The van der Waals surface area contributed by atoms with Crippen LogP contribution in [0.5, 0.6) is 0 Å². The summed E-state index contributed by atoms with van der Waals surface area (Å²) in [4.78, 5) is 5.87. The number of thiazole rings is 1. The smallest absolute Gasteiger partial charge is 0.125 e. The van der Waals surface area contributed by atoms with Crippen molar-refractivity contribution in [3.63, 3.8) is 0 Å². The maximum absolute atomic E-state index is 6.03. The minimum atomic E-state index is -0.254.